The second-order valence-corrected chi connectivity index (χ2v) is 3.76. The van der Waals surface area contributed by atoms with Crippen LogP contribution < -0.4 is 0 Å². The van der Waals surface area contributed by atoms with Crippen LogP contribution in [-0.2, 0) is 0 Å². The molecule has 0 spiro atoms. The van der Waals surface area contributed by atoms with E-state index in [9.17, 15) is 5.11 Å². The van der Waals surface area contributed by atoms with E-state index in [1.165, 1.54) is 0 Å². The number of hydrogen-bond donors (Lipinski definition) is 1. The van der Waals surface area contributed by atoms with Gasteiger partial charge in [-0.2, -0.15) is 5.26 Å². The highest BCUT2D eigenvalue weighted by atomic mass is 16.3. The Morgan fingerprint density at radius 3 is 2.27 bits per heavy atom. The quantitative estimate of drug-likeness (QED) is 0.604. The molecule has 0 bridgehead atoms. The Labute approximate surface area is 68.2 Å². The fourth-order valence-electron chi connectivity index (χ4n) is 1.08. The van der Waals surface area contributed by atoms with Gasteiger partial charge >= 0.3 is 0 Å². The number of hydrogen-bond acceptors (Lipinski definition) is 3. The zero-order chi connectivity index (χ0) is 9.07. The van der Waals surface area contributed by atoms with Crippen LogP contribution in [0.1, 0.15) is 13.8 Å². The number of aliphatic hydroxyl groups excluding tert-OH is 1. The van der Waals surface area contributed by atoms with Gasteiger partial charge in [0.15, 0.2) is 0 Å². The van der Waals surface area contributed by atoms with Crippen LogP contribution in [0.25, 0.3) is 0 Å². The summed E-state index contributed by atoms with van der Waals surface area (Å²) in [4.78, 5) is 1.96. The Bertz CT molecular complexity index is 158. The molecule has 0 radical (unpaired) electrons. The lowest BCUT2D eigenvalue weighted by Gasteiger charge is -2.29. The maximum Gasteiger partial charge on any atom is 0.146 e. The van der Waals surface area contributed by atoms with Crippen molar-refractivity contribution >= 4 is 0 Å². The van der Waals surface area contributed by atoms with E-state index in [2.05, 4.69) is 0 Å². The summed E-state index contributed by atoms with van der Waals surface area (Å²) < 4.78 is 0. The lowest BCUT2D eigenvalue weighted by molar-refractivity contribution is 0.0729. The molecule has 0 fully saturated rings. The van der Waals surface area contributed by atoms with E-state index in [4.69, 9.17) is 5.26 Å². The van der Waals surface area contributed by atoms with Crippen molar-refractivity contribution in [3.8, 4) is 6.07 Å². The SMILES string of the molecule is CN(C)CC(C)(C)C(O)C#N. The molecule has 0 saturated heterocycles. The molecule has 0 amide bonds. The Kier molecular flexibility index (Phi) is 3.50. The van der Waals surface area contributed by atoms with Gasteiger partial charge in [-0.25, -0.2) is 0 Å². The molecule has 0 heterocycles. The van der Waals surface area contributed by atoms with Crippen LogP contribution in [0.5, 0.6) is 0 Å². The largest absolute Gasteiger partial charge is 0.378 e. The molecule has 0 saturated carbocycles. The second kappa shape index (κ2) is 3.70. The molecule has 0 aliphatic rings. The predicted molar refractivity (Wildman–Crippen MR) is 44.0 cm³/mol. The molecular weight excluding hydrogens is 140 g/mol. The van der Waals surface area contributed by atoms with Crippen LogP contribution in [0.3, 0.4) is 0 Å². The van der Waals surface area contributed by atoms with Crippen molar-refractivity contribution in [3.63, 3.8) is 0 Å². The fourth-order valence-corrected chi connectivity index (χ4v) is 1.08. The minimum atomic E-state index is -0.884. The molecule has 0 aromatic heterocycles. The van der Waals surface area contributed by atoms with E-state index in [1.807, 2.05) is 38.9 Å². The van der Waals surface area contributed by atoms with Gasteiger partial charge < -0.3 is 10.0 Å². The first kappa shape index (κ1) is 10.4. The van der Waals surface area contributed by atoms with E-state index in [1.54, 1.807) is 0 Å². The molecule has 0 aromatic carbocycles. The molecule has 11 heavy (non-hydrogen) atoms. The van der Waals surface area contributed by atoms with Gasteiger partial charge in [0.05, 0.1) is 6.07 Å². The molecular formula is C8H16N2O. The molecule has 0 aromatic rings. The maximum atomic E-state index is 9.25. The van der Waals surface area contributed by atoms with Crippen LogP contribution in [0.15, 0.2) is 0 Å². The van der Waals surface area contributed by atoms with Crippen molar-refractivity contribution in [2.24, 2.45) is 5.41 Å². The summed E-state index contributed by atoms with van der Waals surface area (Å²) in [5.41, 5.74) is -0.349. The normalized spacial score (nSPS) is 14.6. The van der Waals surface area contributed by atoms with Gasteiger partial charge in [-0.15, -0.1) is 0 Å². The smallest absolute Gasteiger partial charge is 0.146 e. The van der Waals surface area contributed by atoms with Gasteiger partial charge in [-0.05, 0) is 14.1 Å². The third kappa shape index (κ3) is 3.35. The third-order valence-corrected chi connectivity index (χ3v) is 1.59. The summed E-state index contributed by atoms with van der Waals surface area (Å²) in [6.45, 7) is 4.46. The molecule has 1 atom stereocenters. The van der Waals surface area contributed by atoms with Crippen molar-refractivity contribution in [3.05, 3.63) is 0 Å². The van der Waals surface area contributed by atoms with Gasteiger partial charge in [-0.1, -0.05) is 13.8 Å². The topological polar surface area (TPSA) is 47.3 Å². The molecule has 0 aliphatic carbocycles. The first-order chi connectivity index (χ1) is 4.90. The number of aliphatic hydroxyl groups is 1. The minimum absolute atomic E-state index is 0.349. The van der Waals surface area contributed by atoms with Gasteiger partial charge in [0.1, 0.15) is 6.10 Å². The van der Waals surface area contributed by atoms with E-state index >= 15 is 0 Å². The van der Waals surface area contributed by atoms with Crippen molar-refractivity contribution in [1.82, 2.24) is 4.90 Å². The molecule has 0 aliphatic heterocycles. The number of nitriles is 1. The number of nitrogens with zero attached hydrogens (tertiary/aromatic N) is 2. The highest BCUT2D eigenvalue weighted by Gasteiger charge is 2.27. The minimum Gasteiger partial charge on any atom is -0.378 e. The first-order valence-corrected chi connectivity index (χ1v) is 3.62. The second-order valence-electron chi connectivity index (χ2n) is 3.76. The predicted octanol–water partition coefficient (Wildman–Crippen LogP) is 0.459. The van der Waals surface area contributed by atoms with Crippen molar-refractivity contribution in [2.45, 2.75) is 20.0 Å². The molecule has 1 N–H and O–H groups in total. The van der Waals surface area contributed by atoms with Gasteiger partial charge in [0.25, 0.3) is 0 Å². The summed E-state index contributed by atoms with van der Waals surface area (Å²) >= 11 is 0. The van der Waals surface area contributed by atoms with E-state index in [-0.39, 0.29) is 5.41 Å². The molecule has 0 rings (SSSR count). The lowest BCUT2D eigenvalue weighted by Crippen LogP contribution is -2.37. The van der Waals surface area contributed by atoms with Crippen LogP contribution in [0.4, 0.5) is 0 Å². The molecule has 1 unspecified atom stereocenters. The van der Waals surface area contributed by atoms with Crippen LogP contribution >= 0.6 is 0 Å². The van der Waals surface area contributed by atoms with E-state index in [0.717, 1.165) is 0 Å². The Balaban J connectivity index is 4.12. The average molecular weight is 156 g/mol. The van der Waals surface area contributed by atoms with Gasteiger partial charge in [0.2, 0.25) is 0 Å². The molecule has 64 valence electrons. The summed E-state index contributed by atoms with van der Waals surface area (Å²) in [6.07, 6.45) is -0.884. The zero-order valence-electron chi connectivity index (χ0n) is 7.63. The molecule has 3 heteroatoms. The first-order valence-electron chi connectivity index (χ1n) is 3.62. The van der Waals surface area contributed by atoms with Crippen molar-refractivity contribution in [2.75, 3.05) is 20.6 Å². The third-order valence-electron chi connectivity index (χ3n) is 1.59. The monoisotopic (exact) mass is 156 g/mol. The Hall–Kier alpha value is -0.590. The Morgan fingerprint density at radius 1 is 1.55 bits per heavy atom. The zero-order valence-corrected chi connectivity index (χ0v) is 7.63. The van der Waals surface area contributed by atoms with Gasteiger partial charge in [0, 0.05) is 12.0 Å². The summed E-state index contributed by atoms with van der Waals surface area (Å²) in [6, 6.07) is 1.84. The van der Waals surface area contributed by atoms with Crippen molar-refractivity contribution < 1.29 is 5.11 Å². The summed E-state index contributed by atoms with van der Waals surface area (Å²) in [5.74, 6) is 0. The summed E-state index contributed by atoms with van der Waals surface area (Å²) in [7, 11) is 3.84. The van der Waals surface area contributed by atoms with Gasteiger partial charge in [-0.3, -0.25) is 0 Å². The average Bonchev–Trinajstić information content (AvgIpc) is 1.83. The van der Waals surface area contributed by atoms with E-state index < -0.39 is 6.10 Å². The van der Waals surface area contributed by atoms with Crippen LogP contribution in [-0.4, -0.2) is 36.8 Å². The Morgan fingerprint density at radius 2 is 2.00 bits per heavy atom. The lowest BCUT2D eigenvalue weighted by atomic mass is 9.87. The van der Waals surface area contributed by atoms with Crippen LogP contribution in [0, 0.1) is 16.7 Å². The number of rotatable bonds is 3. The molecule has 3 nitrogen and oxygen atoms in total. The van der Waals surface area contributed by atoms with Crippen molar-refractivity contribution in [1.29, 1.82) is 5.26 Å². The van der Waals surface area contributed by atoms with E-state index in [0.29, 0.717) is 6.54 Å². The standard InChI is InChI=1S/C8H16N2O/c1-8(2,6-10(3)4)7(11)5-9/h7,11H,6H2,1-4H3. The highest BCUT2D eigenvalue weighted by molar-refractivity contribution is 4.94. The van der Waals surface area contributed by atoms with Crippen LogP contribution in [0.2, 0.25) is 0 Å². The highest BCUT2D eigenvalue weighted by Crippen LogP contribution is 2.20. The fraction of sp³-hybridized carbons (Fsp3) is 0.875. The maximum absolute atomic E-state index is 9.25. The summed E-state index contributed by atoms with van der Waals surface area (Å²) in [5, 5.41) is 17.7.